The van der Waals surface area contributed by atoms with Crippen LogP contribution in [-0.2, 0) is 16.4 Å². The van der Waals surface area contributed by atoms with Crippen molar-refractivity contribution in [3.63, 3.8) is 0 Å². The molecule has 24 heavy (non-hydrogen) atoms. The van der Waals surface area contributed by atoms with Crippen molar-refractivity contribution >= 4 is 21.7 Å². The summed E-state index contributed by atoms with van der Waals surface area (Å²) in [4.78, 5) is 27.3. The summed E-state index contributed by atoms with van der Waals surface area (Å²) in [6.07, 6.45) is 0. The van der Waals surface area contributed by atoms with Crippen LogP contribution in [0.2, 0.25) is 0 Å². The zero-order valence-electron chi connectivity index (χ0n) is 13.8. The smallest absolute Gasteiger partial charge is 0.320 e. The van der Waals surface area contributed by atoms with Crippen LogP contribution in [0.15, 0.2) is 24.3 Å². The average Bonchev–Trinajstić information content (AvgIpc) is 2.59. The highest BCUT2D eigenvalue weighted by atomic mass is 32.2. The molecule has 1 aromatic carbocycles. The molecule has 0 unspecified atom stereocenters. The lowest BCUT2D eigenvalue weighted by Crippen LogP contribution is -2.49. The zero-order valence-corrected chi connectivity index (χ0v) is 14.6. The lowest BCUT2D eigenvalue weighted by atomic mass is 10.1. The monoisotopic (exact) mass is 353 g/mol. The highest BCUT2D eigenvalue weighted by Crippen LogP contribution is 2.12. The van der Waals surface area contributed by atoms with Gasteiger partial charge in [-0.3, -0.25) is 4.79 Å². The summed E-state index contributed by atoms with van der Waals surface area (Å²) in [5.74, 6) is -0.0854. The van der Waals surface area contributed by atoms with Crippen molar-refractivity contribution < 1.29 is 18.0 Å². The molecule has 0 aliphatic carbocycles. The van der Waals surface area contributed by atoms with Crippen LogP contribution in [0.1, 0.15) is 22.8 Å². The van der Waals surface area contributed by atoms with Crippen molar-refractivity contribution in [2.45, 2.75) is 13.5 Å². The zero-order chi connectivity index (χ0) is 17.7. The van der Waals surface area contributed by atoms with Gasteiger partial charge in [-0.05, 0) is 12.5 Å². The minimum atomic E-state index is -3.01. The van der Waals surface area contributed by atoms with Gasteiger partial charge in [-0.2, -0.15) is 0 Å². The van der Waals surface area contributed by atoms with E-state index in [4.69, 9.17) is 5.73 Å². The number of amides is 2. The number of sulfone groups is 1. The van der Waals surface area contributed by atoms with E-state index >= 15 is 0 Å². The van der Waals surface area contributed by atoms with E-state index in [1.807, 2.05) is 6.92 Å². The number of nitrogens with two attached hydrogens (primary N) is 1. The van der Waals surface area contributed by atoms with Crippen LogP contribution in [0.3, 0.4) is 0 Å². The maximum Gasteiger partial charge on any atom is 0.320 e. The van der Waals surface area contributed by atoms with Crippen LogP contribution in [-0.4, -0.2) is 67.7 Å². The number of benzene rings is 1. The fourth-order valence-corrected chi connectivity index (χ4v) is 3.75. The molecule has 1 heterocycles. The Hall–Kier alpha value is -1.93. The molecule has 7 nitrogen and oxygen atoms in total. The van der Waals surface area contributed by atoms with Gasteiger partial charge < -0.3 is 15.5 Å². The molecular formula is C16H23N3O4S. The predicted octanol–water partition coefficient (Wildman–Crippen LogP) is 0.500. The number of ketones is 1. The van der Waals surface area contributed by atoms with Gasteiger partial charge in [0.05, 0.1) is 18.1 Å². The first-order chi connectivity index (χ1) is 11.4. The molecule has 0 aromatic heterocycles. The number of hydrogen-bond acceptors (Lipinski definition) is 5. The van der Waals surface area contributed by atoms with E-state index in [0.29, 0.717) is 18.7 Å². The van der Waals surface area contributed by atoms with Crippen LogP contribution in [0.4, 0.5) is 4.79 Å². The molecule has 0 saturated carbocycles. The van der Waals surface area contributed by atoms with Gasteiger partial charge in [-0.15, -0.1) is 0 Å². The Morgan fingerprint density at radius 3 is 2.25 bits per heavy atom. The normalized spacial score (nSPS) is 16.7. The third kappa shape index (κ3) is 4.55. The molecule has 8 heteroatoms. The molecule has 1 aromatic rings. The lowest BCUT2D eigenvalue weighted by molar-refractivity contribution is 0.100. The standard InChI is InChI=1S/C16H23N3O4S/c1-2-18(16(21)19-7-9-24(22,23)10-8-19)12-13-3-5-14(6-4-13)15(20)11-17/h3-6H,2,7-12,17H2,1H3. The Balaban J connectivity index is 2.01. The van der Waals surface area contributed by atoms with Gasteiger partial charge in [0.25, 0.3) is 0 Å². The molecule has 1 aliphatic heterocycles. The largest absolute Gasteiger partial charge is 0.324 e. The predicted molar refractivity (Wildman–Crippen MR) is 91.5 cm³/mol. The Morgan fingerprint density at radius 1 is 1.17 bits per heavy atom. The third-order valence-corrected chi connectivity index (χ3v) is 5.71. The summed E-state index contributed by atoms with van der Waals surface area (Å²) in [6, 6.07) is 6.86. The van der Waals surface area contributed by atoms with Crippen molar-refractivity contribution in [1.29, 1.82) is 0 Å². The number of carbonyl (C=O) groups excluding carboxylic acids is 2. The van der Waals surface area contributed by atoms with E-state index < -0.39 is 9.84 Å². The van der Waals surface area contributed by atoms with Crippen molar-refractivity contribution in [3.8, 4) is 0 Å². The summed E-state index contributed by atoms with van der Waals surface area (Å²) in [5.41, 5.74) is 6.79. The van der Waals surface area contributed by atoms with E-state index in [-0.39, 0.29) is 43.0 Å². The highest BCUT2D eigenvalue weighted by molar-refractivity contribution is 7.91. The fraction of sp³-hybridized carbons (Fsp3) is 0.500. The van der Waals surface area contributed by atoms with Crippen LogP contribution in [0.25, 0.3) is 0 Å². The molecule has 1 saturated heterocycles. The molecular weight excluding hydrogens is 330 g/mol. The Morgan fingerprint density at radius 2 is 1.75 bits per heavy atom. The van der Waals surface area contributed by atoms with E-state index in [1.54, 1.807) is 34.1 Å². The first kappa shape index (κ1) is 18.4. The number of rotatable bonds is 5. The Bertz CT molecular complexity index is 687. The second kappa shape index (κ2) is 7.76. The summed E-state index contributed by atoms with van der Waals surface area (Å²) in [5, 5.41) is 0. The van der Waals surface area contributed by atoms with E-state index in [9.17, 15) is 18.0 Å². The molecule has 2 N–H and O–H groups in total. The lowest BCUT2D eigenvalue weighted by Gasteiger charge is -2.32. The fourth-order valence-electron chi connectivity index (χ4n) is 2.55. The summed E-state index contributed by atoms with van der Waals surface area (Å²) < 4.78 is 22.9. The molecule has 132 valence electrons. The average molecular weight is 353 g/mol. The van der Waals surface area contributed by atoms with E-state index in [0.717, 1.165) is 5.56 Å². The number of Topliss-reactive ketones (excluding diaryl/α,β-unsaturated/α-hetero) is 1. The number of hydrogen-bond donors (Lipinski definition) is 1. The summed E-state index contributed by atoms with van der Waals surface area (Å²) >= 11 is 0. The molecule has 2 rings (SSSR count). The van der Waals surface area contributed by atoms with Crippen LogP contribution in [0, 0.1) is 0 Å². The van der Waals surface area contributed by atoms with Crippen LogP contribution < -0.4 is 5.73 Å². The van der Waals surface area contributed by atoms with Crippen molar-refractivity contribution in [2.75, 3.05) is 37.7 Å². The Labute approximate surface area is 142 Å². The maximum atomic E-state index is 12.6. The van der Waals surface area contributed by atoms with Crippen LogP contribution in [0.5, 0.6) is 0 Å². The van der Waals surface area contributed by atoms with Gasteiger partial charge in [0.15, 0.2) is 15.6 Å². The van der Waals surface area contributed by atoms with Crippen molar-refractivity contribution in [1.82, 2.24) is 9.80 Å². The molecule has 0 bridgehead atoms. The third-order valence-electron chi connectivity index (χ3n) is 4.10. The molecule has 0 radical (unpaired) electrons. The highest BCUT2D eigenvalue weighted by Gasteiger charge is 2.27. The Kier molecular flexibility index (Phi) is 5.95. The summed E-state index contributed by atoms with van der Waals surface area (Å²) in [6.45, 7) is 3.26. The van der Waals surface area contributed by atoms with Crippen molar-refractivity contribution in [2.24, 2.45) is 5.73 Å². The first-order valence-corrected chi connectivity index (χ1v) is 9.75. The number of carbonyl (C=O) groups is 2. The first-order valence-electron chi connectivity index (χ1n) is 7.92. The second-order valence-electron chi connectivity index (χ2n) is 5.76. The van der Waals surface area contributed by atoms with E-state index in [2.05, 4.69) is 0 Å². The second-order valence-corrected chi connectivity index (χ2v) is 8.06. The number of nitrogens with zero attached hydrogens (tertiary/aromatic N) is 2. The molecule has 2 amide bonds. The minimum absolute atomic E-state index is 0.0200. The molecule has 0 atom stereocenters. The summed E-state index contributed by atoms with van der Waals surface area (Å²) in [7, 11) is -3.01. The van der Waals surface area contributed by atoms with Crippen LogP contribution >= 0.6 is 0 Å². The van der Waals surface area contributed by atoms with E-state index in [1.165, 1.54) is 0 Å². The molecule has 1 aliphatic rings. The molecule has 1 fully saturated rings. The van der Waals surface area contributed by atoms with Gasteiger partial charge in [-0.1, -0.05) is 24.3 Å². The van der Waals surface area contributed by atoms with Gasteiger partial charge in [0, 0.05) is 31.7 Å². The minimum Gasteiger partial charge on any atom is -0.324 e. The quantitative estimate of drug-likeness (QED) is 0.777. The maximum absolute atomic E-state index is 12.6. The van der Waals surface area contributed by atoms with Gasteiger partial charge in [0.1, 0.15) is 0 Å². The van der Waals surface area contributed by atoms with Crippen molar-refractivity contribution in [3.05, 3.63) is 35.4 Å². The SMILES string of the molecule is CCN(Cc1ccc(C(=O)CN)cc1)C(=O)N1CCS(=O)(=O)CC1. The van der Waals surface area contributed by atoms with Gasteiger partial charge in [0.2, 0.25) is 0 Å². The van der Waals surface area contributed by atoms with Gasteiger partial charge >= 0.3 is 6.03 Å². The number of urea groups is 1. The van der Waals surface area contributed by atoms with Gasteiger partial charge in [-0.25, -0.2) is 13.2 Å². The topological polar surface area (TPSA) is 101 Å². The molecule has 0 spiro atoms.